The molecule has 420 valence electrons. The van der Waals surface area contributed by atoms with Crippen molar-refractivity contribution in [2.75, 3.05) is 14.2 Å². The van der Waals surface area contributed by atoms with Gasteiger partial charge in [0.15, 0.2) is 35.7 Å². The summed E-state index contributed by atoms with van der Waals surface area (Å²) in [6.07, 6.45) is -8.25. The number of aromatic hydroxyl groups is 4. The van der Waals surface area contributed by atoms with E-state index in [2.05, 4.69) is 0 Å². The molecule has 4 aliphatic carbocycles. The molecule has 2 saturated heterocycles. The molecule has 21 nitrogen and oxygen atoms in total. The number of nitrogens with two attached hydrogens (primary N) is 1. The van der Waals surface area contributed by atoms with Gasteiger partial charge in [-0.15, -0.1) is 0 Å². The second kappa shape index (κ2) is 21.7. The lowest BCUT2D eigenvalue weighted by Gasteiger charge is -2.42. The molecule has 0 aromatic heterocycles. The van der Waals surface area contributed by atoms with Crippen LogP contribution in [0, 0.1) is 5.92 Å². The minimum atomic E-state index is -2.00. The number of Topliss-reactive ketones (excluding diaryl/α,β-unsaturated/α-hetero) is 2. The highest BCUT2D eigenvalue weighted by atomic mass is 35.5. The largest absolute Gasteiger partial charge is 1.00 e. The highest BCUT2D eigenvalue weighted by Gasteiger charge is 2.52. The van der Waals surface area contributed by atoms with Gasteiger partial charge in [-0.05, 0) is 45.7 Å². The quantitative estimate of drug-likeness (QED) is 0.0960. The van der Waals surface area contributed by atoms with Crippen LogP contribution in [0.1, 0.15) is 166 Å². The summed E-state index contributed by atoms with van der Waals surface area (Å²) in [4.78, 5) is 79.2. The van der Waals surface area contributed by atoms with Gasteiger partial charge in [0, 0.05) is 77.9 Å². The Morgan fingerprint density at radius 2 is 0.962 bits per heavy atom. The molecule has 0 bridgehead atoms. The van der Waals surface area contributed by atoms with Crippen LogP contribution in [-0.4, -0.2) is 144 Å². The summed E-state index contributed by atoms with van der Waals surface area (Å²) in [5.41, 5.74) is 0.109. The Morgan fingerprint density at radius 3 is 1.32 bits per heavy atom. The van der Waals surface area contributed by atoms with Gasteiger partial charge in [0.25, 0.3) is 0 Å². The molecular formula is C56H63ClNO20-. The lowest BCUT2D eigenvalue weighted by Crippen LogP contribution is -3.00. The van der Waals surface area contributed by atoms with Crippen LogP contribution in [0.3, 0.4) is 0 Å². The fourth-order valence-corrected chi connectivity index (χ4v) is 11.5. The van der Waals surface area contributed by atoms with E-state index < -0.39 is 159 Å². The Hall–Kier alpha value is -6.37. The van der Waals surface area contributed by atoms with Crippen molar-refractivity contribution in [1.82, 2.24) is 0 Å². The maximum absolute atomic E-state index is 13.6. The van der Waals surface area contributed by atoms with Crippen molar-refractivity contribution >= 4 is 34.7 Å². The molecule has 2 fully saturated rings. The molecule has 0 amide bonds. The third kappa shape index (κ3) is 9.52. The van der Waals surface area contributed by atoms with E-state index in [0.29, 0.717) is 0 Å². The van der Waals surface area contributed by atoms with Crippen LogP contribution in [0.5, 0.6) is 34.5 Å². The molecule has 78 heavy (non-hydrogen) atoms. The average Bonchev–Trinajstić information content (AvgIpc) is 3.38. The van der Waals surface area contributed by atoms with Gasteiger partial charge in [0.1, 0.15) is 45.7 Å². The molecule has 2 heterocycles. The number of fused-ring (bicyclic) bond motifs is 6. The predicted octanol–water partition coefficient (Wildman–Crippen LogP) is 1.01. The van der Waals surface area contributed by atoms with Crippen molar-refractivity contribution in [2.24, 2.45) is 11.7 Å². The highest BCUT2D eigenvalue weighted by Crippen LogP contribution is 2.55. The number of methoxy groups -OCH3 is 2. The molecular weight excluding hydrogens is 1040 g/mol. The molecule has 0 saturated carbocycles. The Morgan fingerprint density at radius 1 is 0.590 bits per heavy atom. The summed E-state index contributed by atoms with van der Waals surface area (Å²) in [7, 11) is 2.69. The Balaban J connectivity index is 0.000000220. The molecule has 4 aromatic rings. The smallest absolute Gasteiger partial charge is 0.202 e. The zero-order valence-corrected chi connectivity index (χ0v) is 43.7. The first-order chi connectivity index (χ1) is 35.8. The maximum atomic E-state index is 13.6. The zero-order chi connectivity index (χ0) is 55.4. The number of carbonyl (C=O) groups is 6. The normalized spacial score (nSPS) is 29.5. The summed E-state index contributed by atoms with van der Waals surface area (Å²) in [6, 6.07) is 8.22. The lowest BCUT2D eigenvalue weighted by molar-refractivity contribution is -0.255. The molecule has 8 unspecified atom stereocenters. The van der Waals surface area contributed by atoms with E-state index in [1.807, 2.05) is 6.92 Å². The first kappa shape index (κ1) is 59.3. The third-order valence-electron chi connectivity index (χ3n) is 15.8. The van der Waals surface area contributed by atoms with Gasteiger partial charge in [-0.3, -0.25) is 28.8 Å². The number of aliphatic hydroxyl groups excluding tert-OH is 2. The molecule has 0 spiro atoms. The zero-order valence-electron chi connectivity index (χ0n) is 42.9. The van der Waals surface area contributed by atoms with E-state index >= 15 is 0 Å². The SMILES string of the molecule is C.COc1cccc2c1C(=O)c1c(O)c3c(c(O)c1C2=O)C[C@@](O)(C(C)=O)C[C@@H]3OC1CC(C)C(O)C(C)O1.COc1cccc2c1C(=O)c1c(O)c3c(c(O)c1C2=O)C[C@@](O)(C(C)=O)C[C@@H]3OC1CC(N)C(O)C(C)O1.[Cl-]. The molecule has 10 rings (SSSR count). The van der Waals surface area contributed by atoms with Crippen LogP contribution in [-0.2, 0) is 41.4 Å². The molecule has 10 N–H and O–H groups in total. The van der Waals surface area contributed by atoms with E-state index in [1.165, 1.54) is 64.5 Å². The van der Waals surface area contributed by atoms with Crippen LogP contribution < -0.4 is 27.6 Å². The molecule has 6 aliphatic rings. The first-order valence-corrected chi connectivity index (χ1v) is 24.7. The van der Waals surface area contributed by atoms with Gasteiger partial charge < -0.3 is 87.4 Å². The molecule has 2 aliphatic heterocycles. The summed E-state index contributed by atoms with van der Waals surface area (Å²) < 4.78 is 34.3. The number of hydrogen-bond acceptors (Lipinski definition) is 21. The van der Waals surface area contributed by atoms with E-state index in [1.54, 1.807) is 13.8 Å². The molecule has 4 aromatic carbocycles. The van der Waals surface area contributed by atoms with Gasteiger partial charge in [-0.2, -0.15) is 0 Å². The number of aliphatic hydroxyl groups is 4. The lowest BCUT2D eigenvalue weighted by atomic mass is 9.72. The van der Waals surface area contributed by atoms with Gasteiger partial charge >= 0.3 is 0 Å². The number of ether oxygens (including phenoxy) is 6. The van der Waals surface area contributed by atoms with Crippen molar-refractivity contribution < 1.29 is 110 Å². The molecule has 0 radical (unpaired) electrons. The number of ketones is 6. The van der Waals surface area contributed by atoms with Crippen molar-refractivity contribution in [3.63, 3.8) is 0 Å². The maximum Gasteiger partial charge on any atom is 0.202 e. The Bertz CT molecular complexity index is 2930. The van der Waals surface area contributed by atoms with Crippen molar-refractivity contribution in [2.45, 2.75) is 147 Å². The predicted molar refractivity (Wildman–Crippen MR) is 269 cm³/mol. The second-order valence-corrected chi connectivity index (χ2v) is 20.6. The molecule has 22 heteroatoms. The third-order valence-corrected chi connectivity index (χ3v) is 15.8. The number of carbonyl (C=O) groups excluding carboxylic acids is 6. The monoisotopic (exact) mass is 1100 g/mol. The number of phenols is 4. The summed E-state index contributed by atoms with van der Waals surface area (Å²) in [5, 5.41) is 88.4. The van der Waals surface area contributed by atoms with E-state index in [0.717, 1.165) is 0 Å². The van der Waals surface area contributed by atoms with Gasteiger partial charge in [-0.25, -0.2) is 0 Å². The van der Waals surface area contributed by atoms with Crippen LogP contribution in [0.2, 0.25) is 0 Å². The fourth-order valence-electron chi connectivity index (χ4n) is 11.5. The minimum Gasteiger partial charge on any atom is -1.00 e. The highest BCUT2D eigenvalue weighted by molar-refractivity contribution is 6.32. The van der Waals surface area contributed by atoms with Crippen LogP contribution in [0.15, 0.2) is 36.4 Å². The first-order valence-electron chi connectivity index (χ1n) is 24.7. The van der Waals surface area contributed by atoms with E-state index in [4.69, 9.17) is 34.2 Å². The summed E-state index contributed by atoms with van der Waals surface area (Å²) >= 11 is 0. The van der Waals surface area contributed by atoms with Crippen LogP contribution in [0.4, 0.5) is 0 Å². The van der Waals surface area contributed by atoms with Gasteiger partial charge in [0.2, 0.25) is 11.6 Å². The van der Waals surface area contributed by atoms with E-state index in [-0.39, 0.29) is 107 Å². The standard InChI is InChI=1S/C28H30O10.C27H29NO10.CH4.ClH/c1-11-8-18(37-12(2)23(11)30)38-17-10-28(35,13(3)29)9-15-20(17)27(34)22-21(25(15)32)24(31)14-6-5-7-16(36-4)19(14)26(22)33;1-10-22(30)14(28)7-17(37-10)38-16-9-27(35,11(2)29)8-13-19(16)26(34)21-20(24(13)32)23(31)12-5-4-6-15(36-3)18(12)25(21)33;;/h5-7,11-12,17-18,23,30,32,34-35H,8-10H2,1-4H3;4-6,10,14,16-17,22,30,32,34-35H,7-9,28H2,1-3H3;1H4;1H/p-1/t11?,12?,17-,18?,23?,28-;10?,14?,16-,17?,22?,27-;;/m00../s1. The van der Waals surface area contributed by atoms with Crippen molar-refractivity contribution in [3.8, 4) is 34.5 Å². The van der Waals surface area contributed by atoms with Crippen molar-refractivity contribution in [3.05, 3.63) is 103 Å². The van der Waals surface area contributed by atoms with Gasteiger partial charge in [-0.1, -0.05) is 38.6 Å². The number of benzene rings is 4. The van der Waals surface area contributed by atoms with Crippen LogP contribution in [0.25, 0.3) is 0 Å². The Kier molecular flexibility index (Phi) is 16.5. The fraction of sp³-hybridized carbons (Fsp3) is 0.464. The Labute approximate surface area is 454 Å². The minimum absolute atomic E-state index is 0. The number of halogens is 1. The number of rotatable bonds is 8. The van der Waals surface area contributed by atoms with E-state index in [9.17, 15) is 69.6 Å². The van der Waals surface area contributed by atoms with Crippen molar-refractivity contribution in [1.29, 1.82) is 0 Å². The second-order valence-electron chi connectivity index (χ2n) is 20.6. The van der Waals surface area contributed by atoms with Crippen LogP contribution >= 0.6 is 0 Å². The summed E-state index contributed by atoms with van der Waals surface area (Å²) in [6.45, 7) is 7.50. The molecule has 12 atom stereocenters. The topological polar surface area (TPSA) is 346 Å². The summed E-state index contributed by atoms with van der Waals surface area (Å²) in [5.74, 6) is -6.41. The van der Waals surface area contributed by atoms with Gasteiger partial charge in [0.05, 0.1) is 84.2 Å². The number of hydrogen-bond donors (Lipinski definition) is 9. The average molecular weight is 1110 g/mol. The number of phenolic OH excluding ortho intramolecular Hbond substituents is 4.